The van der Waals surface area contributed by atoms with Gasteiger partial charge >= 0.3 is 12.3 Å². The maximum atomic E-state index is 13.5. The van der Waals surface area contributed by atoms with Crippen molar-refractivity contribution < 1.29 is 31.8 Å². The fourth-order valence-corrected chi connectivity index (χ4v) is 3.58. The van der Waals surface area contributed by atoms with Crippen molar-refractivity contribution in [3.05, 3.63) is 59.4 Å². The Morgan fingerprint density at radius 2 is 1.84 bits per heavy atom. The molecule has 0 bridgehead atoms. The summed E-state index contributed by atoms with van der Waals surface area (Å²) in [5.41, 5.74) is 0.274. The zero-order chi connectivity index (χ0) is 23.1. The fraction of sp³-hybridized carbons (Fsp3) is 0.409. The lowest BCUT2D eigenvalue weighted by atomic mass is 9.98. The second-order valence-corrected chi connectivity index (χ2v) is 8.04. The average Bonchev–Trinajstić information content (AvgIpc) is 2.74. The molecule has 174 valence electrons. The number of benzene rings is 2. The van der Waals surface area contributed by atoms with Gasteiger partial charge in [-0.3, -0.25) is 10.2 Å². The van der Waals surface area contributed by atoms with Crippen LogP contribution in [0.15, 0.2) is 48.5 Å². The van der Waals surface area contributed by atoms with E-state index in [1.165, 1.54) is 48.5 Å². The SMILES string of the molecule is O=C(Nc1ccc(Cl)cc1)O[C@@H](CN1CCCC(COc2ccc(F)cc2)C1)C(F)(F)F. The van der Waals surface area contributed by atoms with Crippen molar-refractivity contribution in [3.63, 3.8) is 0 Å². The third-order valence-electron chi connectivity index (χ3n) is 5.03. The van der Waals surface area contributed by atoms with Gasteiger partial charge in [-0.15, -0.1) is 0 Å². The molecule has 32 heavy (non-hydrogen) atoms. The number of anilines is 1. The van der Waals surface area contributed by atoms with Crippen LogP contribution in [0, 0.1) is 11.7 Å². The van der Waals surface area contributed by atoms with Gasteiger partial charge in [0.1, 0.15) is 11.6 Å². The Kier molecular flexibility index (Phi) is 8.20. The molecule has 1 fully saturated rings. The molecule has 1 aliphatic rings. The molecule has 3 rings (SSSR count). The van der Waals surface area contributed by atoms with Gasteiger partial charge in [-0.1, -0.05) is 11.6 Å². The number of amides is 1. The highest BCUT2D eigenvalue weighted by molar-refractivity contribution is 6.30. The first-order valence-corrected chi connectivity index (χ1v) is 10.5. The summed E-state index contributed by atoms with van der Waals surface area (Å²) in [6, 6.07) is 11.5. The van der Waals surface area contributed by atoms with Crippen molar-refractivity contribution in [3.8, 4) is 5.75 Å². The normalized spacial score (nSPS) is 18.1. The monoisotopic (exact) mass is 474 g/mol. The minimum absolute atomic E-state index is 0.00517. The molecular weight excluding hydrogens is 452 g/mol. The van der Waals surface area contributed by atoms with Crippen LogP contribution in [0.3, 0.4) is 0 Å². The zero-order valence-corrected chi connectivity index (χ0v) is 17.8. The van der Waals surface area contributed by atoms with E-state index in [1.807, 2.05) is 0 Å². The van der Waals surface area contributed by atoms with E-state index in [0.29, 0.717) is 36.9 Å². The van der Waals surface area contributed by atoms with Crippen molar-refractivity contribution >= 4 is 23.4 Å². The predicted octanol–water partition coefficient (Wildman–Crippen LogP) is 5.75. The molecule has 1 aliphatic heterocycles. The average molecular weight is 475 g/mol. The number of ether oxygens (including phenoxy) is 2. The number of likely N-dealkylation sites (tertiary alicyclic amines) is 1. The molecule has 2 aromatic rings. The summed E-state index contributed by atoms with van der Waals surface area (Å²) in [5, 5.41) is 2.71. The lowest BCUT2D eigenvalue weighted by Gasteiger charge is -2.35. The molecule has 10 heteroatoms. The summed E-state index contributed by atoms with van der Waals surface area (Å²) in [6.07, 6.45) is -6.69. The van der Waals surface area contributed by atoms with Gasteiger partial charge in [0.2, 0.25) is 6.10 Å². The number of nitrogens with zero attached hydrogens (tertiary/aromatic N) is 1. The predicted molar refractivity (Wildman–Crippen MR) is 112 cm³/mol. The number of alkyl halides is 3. The van der Waals surface area contributed by atoms with E-state index in [2.05, 4.69) is 5.32 Å². The third kappa shape index (κ3) is 7.56. The van der Waals surface area contributed by atoms with Crippen LogP contribution in [0.2, 0.25) is 5.02 Å². The van der Waals surface area contributed by atoms with E-state index in [9.17, 15) is 22.4 Å². The first-order valence-electron chi connectivity index (χ1n) is 10.1. The number of piperidine rings is 1. The van der Waals surface area contributed by atoms with E-state index in [-0.39, 0.29) is 17.4 Å². The maximum Gasteiger partial charge on any atom is 0.426 e. The van der Waals surface area contributed by atoms with Gasteiger partial charge in [0, 0.05) is 29.7 Å². The van der Waals surface area contributed by atoms with Gasteiger partial charge in [0.05, 0.1) is 6.61 Å². The molecule has 1 amide bonds. The summed E-state index contributed by atoms with van der Waals surface area (Å²) in [5.74, 6) is 0.129. The van der Waals surface area contributed by atoms with E-state index in [0.717, 1.165) is 6.42 Å². The van der Waals surface area contributed by atoms with Crippen LogP contribution in [0.1, 0.15) is 12.8 Å². The molecule has 5 nitrogen and oxygen atoms in total. The second kappa shape index (κ2) is 10.9. The van der Waals surface area contributed by atoms with Crippen molar-refractivity contribution in [2.75, 3.05) is 31.6 Å². The standard InChI is InChI=1S/C22H23ClF4N2O3/c23-16-3-7-18(8-4-16)28-21(30)32-20(22(25,26)27)13-29-11-1-2-15(12-29)14-31-19-9-5-17(24)6-10-19/h3-10,15,20H,1-2,11-14H2,(H,28,30)/t15?,20-/m0/s1. The first-order chi connectivity index (χ1) is 15.2. The van der Waals surface area contributed by atoms with Gasteiger partial charge < -0.3 is 9.47 Å². The highest BCUT2D eigenvalue weighted by Gasteiger charge is 2.44. The second-order valence-electron chi connectivity index (χ2n) is 7.60. The van der Waals surface area contributed by atoms with Crippen LogP contribution in [-0.4, -0.2) is 49.5 Å². The van der Waals surface area contributed by atoms with Crippen LogP contribution in [0.25, 0.3) is 0 Å². The summed E-state index contributed by atoms with van der Waals surface area (Å²) >= 11 is 5.75. The topological polar surface area (TPSA) is 50.8 Å². The Morgan fingerprint density at radius 1 is 1.16 bits per heavy atom. The lowest BCUT2D eigenvalue weighted by molar-refractivity contribution is -0.207. The summed E-state index contributed by atoms with van der Waals surface area (Å²) in [6.45, 7) is 0.666. The van der Waals surface area contributed by atoms with Crippen molar-refractivity contribution in [2.24, 2.45) is 5.92 Å². The summed E-state index contributed by atoms with van der Waals surface area (Å²) in [7, 11) is 0. The van der Waals surface area contributed by atoms with Crippen molar-refractivity contribution in [1.82, 2.24) is 4.90 Å². The van der Waals surface area contributed by atoms with Gasteiger partial charge in [0.25, 0.3) is 0 Å². The number of rotatable bonds is 7. The van der Waals surface area contributed by atoms with E-state index >= 15 is 0 Å². The molecule has 2 aromatic carbocycles. The highest BCUT2D eigenvalue weighted by Crippen LogP contribution is 2.27. The van der Waals surface area contributed by atoms with Crippen LogP contribution in [-0.2, 0) is 4.74 Å². The number of hydrogen-bond acceptors (Lipinski definition) is 4. The molecule has 0 saturated carbocycles. The van der Waals surface area contributed by atoms with Crippen molar-refractivity contribution in [2.45, 2.75) is 25.1 Å². The minimum Gasteiger partial charge on any atom is -0.493 e. The number of carbonyl (C=O) groups is 1. The minimum atomic E-state index is -4.71. The number of carbonyl (C=O) groups excluding carboxylic acids is 1. The Hall–Kier alpha value is -2.52. The van der Waals surface area contributed by atoms with Crippen LogP contribution in [0.5, 0.6) is 5.75 Å². The quantitative estimate of drug-likeness (QED) is 0.519. The Balaban J connectivity index is 1.53. The molecule has 1 unspecified atom stereocenters. The highest BCUT2D eigenvalue weighted by atomic mass is 35.5. The number of halogens is 5. The van der Waals surface area contributed by atoms with Gasteiger partial charge in [0.15, 0.2) is 0 Å². The Bertz CT molecular complexity index is 878. The summed E-state index contributed by atoms with van der Waals surface area (Å²) in [4.78, 5) is 13.6. The molecule has 0 radical (unpaired) electrons. The van der Waals surface area contributed by atoms with Crippen LogP contribution < -0.4 is 10.1 Å². The molecule has 0 spiro atoms. The largest absolute Gasteiger partial charge is 0.493 e. The number of hydrogen-bond donors (Lipinski definition) is 1. The maximum absolute atomic E-state index is 13.5. The Labute approximate surface area is 188 Å². The smallest absolute Gasteiger partial charge is 0.426 e. The zero-order valence-electron chi connectivity index (χ0n) is 17.1. The molecule has 0 aliphatic carbocycles. The fourth-order valence-electron chi connectivity index (χ4n) is 3.45. The van der Waals surface area contributed by atoms with Gasteiger partial charge in [-0.2, -0.15) is 13.2 Å². The molecule has 1 saturated heterocycles. The van der Waals surface area contributed by atoms with Gasteiger partial charge in [-0.05, 0) is 67.9 Å². The molecule has 0 aromatic heterocycles. The Morgan fingerprint density at radius 3 is 2.50 bits per heavy atom. The molecule has 1 N–H and O–H groups in total. The molecular formula is C22H23ClF4N2O3. The first kappa shape index (κ1) is 24.1. The third-order valence-corrected chi connectivity index (χ3v) is 5.28. The number of nitrogens with one attached hydrogen (secondary N) is 1. The van der Waals surface area contributed by atoms with E-state index < -0.39 is 24.9 Å². The van der Waals surface area contributed by atoms with E-state index in [1.54, 1.807) is 4.90 Å². The molecule has 2 atom stereocenters. The molecule has 1 heterocycles. The van der Waals surface area contributed by atoms with E-state index in [4.69, 9.17) is 21.1 Å². The summed E-state index contributed by atoms with van der Waals surface area (Å²) < 4.78 is 63.9. The van der Waals surface area contributed by atoms with Crippen LogP contribution >= 0.6 is 11.6 Å². The van der Waals surface area contributed by atoms with Crippen molar-refractivity contribution in [1.29, 1.82) is 0 Å². The lowest BCUT2D eigenvalue weighted by Crippen LogP contribution is -2.48. The van der Waals surface area contributed by atoms with Gasteiger partial charge in [-0.25, -0.2) is 9.18 Å². The van der Waals surface area contributed by atoms with Crippen LogP contribution in [0.4, 0.5) is 28.0 Å².